The van der Waals surface area contributed by atoms with Crippen LogP contribution >= 0.6 is 0 Å². The lowest BCUT2D eigenvalue weighted by molar-refractivity contribution is -0.193. The number of fused-ring (bicyclic) bond motifs is 2. The summed E-state index contributed by atoms with van der Waals surface area (Å²) < 4.78 is 17.1. The first kappa shape index (κ1) is 29.9. The molecule has 2 unspecified atom stereocenters. The molecule has 44 heavy (non-hydrogen) atoms. The smallest absolute Gasteiger partial charge is 0.289 e. The highest BCUT2D eigenvalue weighted by atomic mass is 16.7. The van der Waals surface area contributed by atoms with Crippen molar-refractivity contribution in [2.24, 2.45) is 11.7 Å². The van der Waals surface area contributed by atoms with Crippen LogP contribution < -0.4 is 11.1 Å². The largest absolute Gasteiger partial charge is 0.451 e. The third kappa shape index (κ3) is 6.21. The van der Waals surface area contributed by atoms with Crippen molar-refractivity contribution < 1.29 is 28.3 Å². The quantitative estimate of drug-likeness (QED) is 0.281. The van der Waals surface area contributed by atoms with E-state index in [0.717, 1.165) is 21.9 Å². The fraction of sp³-hybridized carbons (Fsp3) is 0.424. The number of rotatable bonds is 8. The third-order valence-corrected chi connectivity index (χ3v) is 8.76. The number of piperidine rings is 1. The average Bonchev–Trinajstić information content (AvgIpc) is 3.68. The zero-order valence-corrected chi connectivity index (χ0v) is 25.0. The molecule has 2 fully saturated rings. The molecule has 2 saturated heterocycles. The molecule has 4 aromatic rings. The number of amides is 3. The van der Waals surface area contributed by atoms with E-state index in [1.54, 1.807) is 22.9 Å². The molecule has 4 heterocycles. The van der Waals surface area contributed by atoms with Crippen LogP contribution in [0.2, 0.25) is 0 Å². The van der Waals surface area contributed by atoms with E-state index in [1.807, 2.05) is 61.7 Å². The highest BCUT2D eigenvalue weighted by Crippen LogP contribution is 2.30. The Morgan fingerprint density at radius 2 is 1.77 bits per heavy atom. The number of para-hydroxylation sites is 2. The molecule has 0 aliphatic carbocycles. The summed E-state index contributed by atoms with van der Waals surface area (Å²) in [6.45, 7) is 3.71. The number of likely N-dealkylation sites (tertiary alicyclic amines) is 1. The second-order valence-corrected chi connectivity index (χ2v) is 11.9. The maximum Gasteiger partial charge on any atom is 0.289 e. The van der Waals surface area contributed by atoms with Crippen molar-refractivity contribution in [2.75, 3.05) is 39.9 Å². The number of H-pyrrole nitrogens is 1. The predicted octanol–water partition coefficient (Wildman–Crippen LogP) is 3.21. The number of furan rings is 1. The zero-order chi connectivity index (χ0) is 30.8. The van der Waals surface area contributed by atoms with Crippen molar-refractivity contribution in [3.05, 3.63) is 72.1 Å². The van der Waals surface area contributed by atoms with Gasteiger partial charge >= 0.3 is 0 Å². The molecule has 11 heteroatoms. The Balaban J connectivity index is 1.14. The number of likely N-dealkylation sites (N-methyl/N-ethyl adjacent to an activating group) is 1. The van der Waals surface area contributed by atoms with Crippen molar-refractivity contribution in [1.29, 1.82) is 0 Å². The summed E-state index contributed by atoms with van der Waals surface area (Å²) in [4.78, 5) is 47.3. The number of ether oxygens (including phenoxy) is 2. The van der Waals surface area contributed by atoms with E-state index < -0.39 is 12.3 Å². The molecule has 3 amide bonds. The molecule has 6 rings (SSSR count). The number of carbonyl (C=O) groups is 3. The SMILES string of the molecule is CC(c1c[nH]c2ccccc12)C(NC(=O)C1CCN(C(=O)c2cc3ccccc3o2)CC1)C(=O)N(C)CC1OCC(N)CO1. The lowest BCUT2D eigenvalue weighted by Crippen LogP contribution is -2.54. The second kappa shape index (κ2) is 12.8. The van der Waals surface area contributed by atoms with Gasteiger partial charge in [0.05, 0.1) is 25.8 Å². The van der Waals surface area contributed by atoms with Crippen molar-refractivity contribution in [2.45, 2.75) is 44.1 Å². The first-order valence-corrected chi connectivity index (χ1v) is 15.2. The Bertz CT molecular complexity index is 1600. The second-order valence-electron chi connectivity index (χ2n) is 11.9. The highest BCUT2D eigenvalue weighted by molar-refractivity contribution is 5.96. The molecule has 4 N–H and O–H groups in total. The normalized spacial score (nSPS) is 20.8. The van der Waals surface area contributed by atoms with E-state index in [1.165, 1.54) is 0 Å². The molecule has 0 radical (unpaired) electrons. The molecule has 2 aliphatic rings. The lowest BCUT2D eigenvalue weighted by atomic mass is 9.90. The molecule has 11 nitrogen and oxygen atoms in total. The van der Waals surface area contributed by atoms with Crippen LogP contribution in [0.15, 0.2) is 65.2 Å². The highest BCUT2D eigenvalue weighted by Gasteiger charge is 2.36. The van der Waals surface area contributed by atoms with E-state index >= 15 is 0 Å². The van der Waals surface area contributed by atoms with Gasteiger partial charge in [-0.25, -0.2) is 0 Å². The fourth-order valence-electron chi connectivity index (χ4n) is 6.12. The summed E-state index contributed by atoms with van der Waals surface area (Å²) >= 11 is 0. The van der Waals surface area contributed by atoms with Crippen LogP contribution in [-0.2, 0) is 19.1 Å². The minimum Gasteiger partial charge on any atom is -0.451 e. The maximum absolute atomic E-state index is 13.9. The first-order chi connectivity index (χ1) is 21.3. The Kier molecular flexibility index (Phi) is 8.69. The molecule has 0 bridgehead atoms. The van der Waals surface area contributed by atoms with Gasteiger partial charge in [0.2, 0.25) is 11.8 Å². The minimum atomic E-state index is -0.826. The van der Waals surface area contributed by atoms with Crippen LogP contribution in [0.25, 0.3) is 21.9 Å². The number of hydrogen-bond donors (Lipinski definition) is 3. The van der Waals surface area contributed by atoms with Gasteiger partial charge in [0, 0.05) is 54.5 Å². The van der Waals surface area contributed by atoms with E-state index in [-0.39, 0.29) is 42.1 Å². The Hall–Kier alpha value is -4.19. The van der Waals surface area contributed by atoms with Crippen molar-refractivity contribution in [3.8, 4) is 0 Å². The number of nitrogens with one attached hydrogen (secondary N) is 2. The zero-order valence-electron chi connectivity index (χ0n) is 25.0. The molecule has 2 aliphatic heterocycles. The van der Waals surface area contributed by atoms with E-state index in [9.17, 15) is 14.4 Å². The lowest BCUT2D eigenvalue weighted by Gasteiger charge is -2.35. The summed E-state index contributed by atoms with van der Waals surface area (Å²) in [5, 5.41) is 4.97. The van der Waals surface area contributed by atoms with Gasteiger partial charge < -0.3 is 39.7 Å². The van der Waals surface area contributed by atoms with Gasteiger partial charge in [0.1, 0.15) is 11.6 Å². The molecule has 232 valence electrons. The number of nitrogens with two attached hydrogens (primary N) is 1. The van der Waals surface area contributed by atoms with Gasteiger partial charge in [-0.1, -0.05) is 43.3 Å². The summed E-state index contributed by atoms with van der Waals surface area (Å²) in [6.07, 6.45) is 2.29. The maximum atomic E-state index is 13.9. The standard InChI is InChI=1S/C33H39N5O6/c1-20(25-16-35-26-9-5-4-8-24(25)26)30(33(41)37(2)17-29-42-18-23(34)19-43-29)36-31(39)21-11-13-38(14-12-21)32(40)28-15-22-7-3-6-10-27(22)44-28/h3-10,15-16,20-21,23,29-30,35H,11-14,17-19,34H2,1-2H3,(H,36,39). The van der Waals surface area contributed by atoms with Crippen LogP contribution in [0.3, 0.4) is 0 Å². The van der Waals surface area contributed by atoms with Gasteiger partial charge in [-0.3, -0.25) is 14.4 Å². The number of carbonyl (C=O) groups excluding carboxylic acids is 3. The molecule has 2 aromatic heterocycles. The average molecular weight is 602 g/mol. The van der Waals surface area contributed by atoms with E-state index in [2.05, 4.69) is 10.3 Å². The van der Waals surface area contributed by atoms with Crippen molar-refractivity contribution in [1.82, 2.24) is 20.1 Å². The van der Waals surface area contributed by atoms with Gasteiger partial charge in [-0.05, 0) is 36.6 Å². The molecule has 2 aromatic carbocycles. The molecule has 0 spiro atoms. The summed E-state index contributed by atoms with van der Waals surface area (Å²) in [6, 6.07) is 16.1. The summed E-state index contributed by atoms with van der Waals surface area (Å²) in [5.41, 5.74) is 8.43. The Labute approximate surface area is 255 Å². The number of benzene rings is 2. The summed E-state index contributed by atoms with van der Waals surface area (Å²) in [5.74, 6) is -0.997. The number of nitrogens with zero attached hydrogens (tertiary/aromatic N) is 2. The number of aromatic amines is 1. The first-order valence-electron chi connectivity index (χ1n) is 15.2. The van der Waals surface area contributed by atoms with Crippen LogP contribution in [0.4, 0.5) is 0 Å². The third-order valence-electron chi connectivity index (χ3n) is 8.76. The van der Waals surface area contributed by atoms with Gasteiger partial charge in [0.15, 0.2) is 12.1 Å². The summed E-state index contributed by atoms with van der Waals surface area (Å²) in [7, 11) is 1.69. The van der Waals surface area contributed by atoms with Crippen LogP contribution in [-0.4, -0.2) is 90.8 Å². The molecular weight excluding hydrogens is 562 g/mol. The molecule has 2 atom stereocenters. The van der Waals surface area contributed by atoms with E-state index in [0.29, 0.717) is 50.5 Å². The van der Waals surface area contributed by atoms with Crippen LogP contribution in [0, 0.1) is 5.92 Å². The van der Waals surface area contributed by atoms with Crippen LogP contribution in [0.5, 0.6) is 0 Å². The van der Waals surface area contributed by atoms with Gasteiger partial charge in [-0.2, -0.15) is 0 Å². The Morgan fingerprint density at radius 3 is 2.52 bits per heavy atom. The predicted molar refractivity (Wildman–Crippen MR) is 165 cm³/mol. The molecular formula is C33H39N5O6. The number of hydrogen-bond acceptors (Lipinski definition) is 7. The number of aromatic nitrogens is 1. The van der Waals surface area contributed by atoms with Crippen molar-refractivity contribution in [3.63, 3.8) is 0 Å². The fourth-order valence-corrected chi connectivity index (χ4v) is 6.12. The van der Waals surface area contributed by atoms with E-state index in [4.69, 9.17) is 19.6 Å². The van der Waals surface area contributed by atoms with Gasteiger partial charge in [0.25, 0.3) is 5.91 Å². The minimum absolute atomic E-state index is 0.184. The topological polar surface area (TPSA) is 143 Å². The van der Waals surface area contributed by atoms with Gasteiger partial charge in [-0.15, -0.1) is 0 Å². The Morgan fingerprint density at radius 1 is 1.07 bits per heavy atom. The monoisotopic (exact) mass is 601 g/mol. The van der Waals surface area contributed by atoms with Crippen LogP contribution in [0.1, 0.15) is 41.8 Å². The van der Waals surface area contributed by atoms with Crippen molar-refractivity contribution >= 4 is 39.6 Å². The molecule has 0 saturated carbocycles.